The van der Waals surface area contributed by atoms with E-state index in [1.807, 2.05) is 13.2 Å². The van der Waals surface area contributed by atoms with Crippen molar-refractivity contribution >= 4 is 0 Å². The molecule has 2 bridgehead atoms. The summed E-state index contributed by atoms with van der Waals surface area (Å²) in [5.74, 6) is 0.653. The van der Waals surface area contributed by atoms with Crippen molar-refractivity contribution in [3.05, 3.63) is 11.9 Å². The van der Waals surface area contributed by atoms with Gasteiger partial charge in [0.25, 0.3) is 0 Å². The molecule has 5 nitrogen and oxygen atoms in total. The molecule has 1 aromatic heterocycles. The van der Waals surface area contributed by atoms with Gasteiger partial charge in [0, 0.05) is 37.8 Å². The van der Waals surface area contributed by atoms with Gasteiger partial charge >= 0.3 is 0 Å². The molecule has 3 heterocycles. The SMILES string of the molecule is CN1C2CCC1CC(C(N)Cc1cn(C)nn1)C2. The van der Waals surface area contributed by atoms with Crippen LogP contribution in [0.1, 0.15) is 31.4 Å². The van der Waals surface area contributed by atoms with E-state index in [1.165, 1.54) is 25.7 Å². The van der Waals surface area contributed by atoms with Gasteiger partial charge in [-0.25, -0.2) is 0 Å². The van der Waals surface area contributed by atoms with Crippen molar-refractivity contribution in [3.8, 4) is 0 Å². The first kappa shape index (κ1) is 12.1. The maximum absolute atomic E-state index is 6.39. The highest BCUT2D eigenvalue weighted by molar-refractivity contribution is 5.01. The molecule has 5 heteroatoms. The Labute approximate surface area is 108 Å². The van der Waals surface area contributed by atoms with Gasteiger partial charge in [0.1, 0.15) is 0 Å². The van der Waals surface area contributed by atoms with E-state index in [0.29, 0.717) is 5.92 Å². The number of nitrogens with two attached hydrogens (primary N) is 1. The number of fused-ring (bicyclic) bond motifs is 2. The highest BCUT2D eigenvalue weighted by Crippen LogP contribution is 2.38. The smallest absolute Gasteiger partial charge is 0.0842 e. The molecule has 18 heavy (non-hydrogen) atoms. The van der Waals surface area contributed by atoms with Crippen LogP contribution in [0.4, 0.5) is 0 Å². The van der Waals surface area contributed by atoms with Crippen molar-refractivity contribution in [1.29, 1.82) is 0 Å². The standard InChI is InChI=1S/C13H23N5/c1-17-8-10(15-16-17)7-13(14)9-5-11-3-4-12(6-9)18(11)2/h8-9,11-13H,3-7,14H2,1-2H3. The molecule has 0 spiro atoms. The fraction of sp³-hybridized carbons (Fsp3) is 0.846. The zero-order valence-corrected chi connectivity index (χ0v) is 11.3. The zero-order valence-electron chi connectivity index (χ0n) is 11.3. The predicted molar refractivity (Wildman–Crippen MR) is 70.0 cm³/mol. The second-order valence-electron chi connectivity index (χ2n) is 6.03. The van der Waals surface area contributed by atoms with E-state index in [0.717, 1.165) is 24.2 Å². The van der Waals surface area contributed by atoms with Crippen LogP contribution in [-0.4, -0.2) is 45.1 Å². The molecule has 0 saturated carbocycles. The van der Waals surface area contributed by atoms with Gasteiger partial charge in [-0.2, -0.15) is 0 Å². The summed E-state index contributed by atoms with van der Waals surface area (Å²) in [6.45, 7) is 0. The largest absolute Gasteiger partial charge is 0.327 e. The van der Waals surface area contributed by atoms with E-state index < -0.39 is 0 Å². The molecular formula is C13H23N5. The zero-order chi connectivity index (χ0) is 12.7. The fourth-order valence-electron chi connectivity index (χ4n) is 3.70. The average Bonchev–Trinajstić information content (AvgIpc) is 2.80. The first-order valence-electron chi connectivity index (χ1n) is 6.96. The van der Waals surface area contributed by atoms with E-state index >= 15 is 0 Å². The average molecular weight is 249 g/mol. The first-order chi connectivity index (χ1) is 8.63. The fourth-order valence-corrected chi connectivity index (χ4v) is 3.70. The number of nitrogens with zero attached hydrogens (tertiary/aromatic N) is 4. The van der Waals surface area contributed by atoms with Gasteiger partial charge < -0.3 is 10.6 Å². The van der Waals surface area contributed by atoms with Crippen LogP contribution in [0, 0.1) is 5.92 Å². The third-order valence-electron chi connectivity index (χ3n) is 4.84. The molecule has 3 unspecified atom stereocenters. The van der Waals surface area contributed by atoms with Crippen LogP contribution in [0.2, 0.25) is 0 Å². The van der Waals surface area contributed by atoms with Gasteiger partial charge in [0.2, 0.25) is 0 Å². The third-order valence-corrected chi connectivity index (χ3v) is 4.84. The molecule has 2 aliphatic heterocycles. The summed E-state index contributed by atoms with van der Waals surface area (Å²) in [6, 6.07) is 1.77. The van der Waals surface area contributed by atoms with Crippen LogP contribution in [0.3, 0.4) is 0 Å². The van der Waals surface area contributed by atoms with Crippen molar-refractivity contribution in [2.45, 2.75) is 50.2 Å². The van der Waals surface area contributed by atoms with E-state index in [1.54, 1.807) is 4.68 Å². The molecule has 3 atom stereocenters. The summed E-state index contributed by atoms with van der Waals surface area (Å²) >= 11 is 0. The van der Waals surface area contributed by atoms with Gasteiger partial charge in [-0.15, -0.1) is 5.10 Å². The molecular weight excluding hydrogens is 226 g/mol. The second kappa shape index (κ2) is 4.63. The first-order valence-corrected chi connectivity index (χ1v) is 6.96. The van der Waals surface area contributed by atoms with Gasteiger partial charge in [-0.05, 0) is 38.6 Å². The topological polar surface area (TPSA) is 60.0 Å². The monoisotopic (exact) mass is 249 g/mol. The van der Waals surface area contributed by atoms with Crippen LogP contribution in [0.5, 0.6) is 0 Å². The second-order valence-corrected chi connectivity index (χ2v) is 6.03. The minimum absolute atomic E-state index is 0.235. The number of piperidine rings is 1. The predicted octanol–water partition coefficient (Wildman–Crippen LogP) is 0.558. The summed E-state index contributed by atoms with van der Waals surface area (Å²) in [5.41, 5.74) is 7.42. The number of aryl methyl sites for hydroxylation is 1. The van der Waals surface area contributed by atoms with Crippen LogP contribution < -0.4 is 5.73 Å². The maximum atomic E-state index is 6.39. The van der Waals surface area contributed by atoms with Crippen LogP contribution in [0.25, 0.3) is 0 Å². The van der Waals surface area contributed by atoms with Crippen LogP contribution in [0.15, 0.2) is 6.20 Å². The quantitative estimate of drug-likeness (QED) is 0.850. The van der Waals surface area contributed by atoms with Gasteiger partial charge in [-0.1, -0.05) is 5.21 Å². The lowest BCUT2D eigenvalue weighted by Crippen LogP contribution is -2.46. The van der Waals surface area contributed by atoms with Crippen molar-refractivity contribution < 1.29 is 0 Å². The number of hydrogen-bond donors (Lipinski definition) is 1. The molecule has 0 aromatic carbocycles. The lowest BCUT2D eigenvalue weighted by Gasteiger charge is -2.38. The lowest BCUT2D eigenvalue weighted by molar-refractivity contribution is 0.120. The molecule has 2 saturated heterocycles. The van der Waals surface area contributed by atoms with Crippen molar-refractivity contribution in [2.24, 2.45) is 18.7 Å². The summed E-state index contributed by atoms with van der Waals surface area (Å²) < 4.78 is 1.75. The Morgan fingerprint density at radius 1 is 1.33 bits per heavy atom. The Kier molecular flexibility index (Phi) is 3.11. The minimum atomic E-state index is 0.235. The highest BCUT2D eigenvalue weighted by atomic mass is 15.4. The van der Waals surface area contributed by atoms with Crippen LogP contribution >= 0.6 is 0 Å². The Bertz CT molecular complexity index is 401. The molecule has 2 fully saturated rings. The Morgan fingerprint density at radius 3 is 2.56 bits per heavy atom. The molecule has 2 N–H and O–H groups in total. The highest BCUT2D eigenvalue weighted by Gasteiger charge is 2.40. The Morgan fingerprint density at radius 2 is 2.00 bits per heavy atom. The van der Waals surface area contributed by atoms with Crippen molar-refractivity contribution in [2.75, 3.05) is 7.05 Å². The normalized spacial score (nSPS) is 33.8. The molecule has 0 radical (unpaired) electrons. The molecule has 0 aliphatic carbocycles. The van der Waals surface area contributed by atoms with E-state index in [9.17, 15) is 0 Å². The third kappa shape index (κ3) is 2.17. The summed E-state index contributed by atoms with van der Waals surface area (Å²) in [4.78, 5) is 2.56. The van der Waals surface area contributed by atoms with Gasteiger partial charge in [0.15, 0.2) is 0 Å². The van der Waals surface area contributed by atoms with E-state index in [2.05, 4.69) is 22.3 Å². The molecule has 3 rings (SSSR count). The number of rotatable bonds is 3. The summed E-state index contributed by atoms with van der Waals surface area (Å²) in [5, 5.41) is 8.11. The number of hydrogen-bond acceptors (Lipinski definition) is 4. The summed E-state index contributed by atoms with van der Waals surface area (Å²) in [6.07, 6.45) is 8.07. The maximum Gasteiger partial charge on any atom is 0.0842 e. The van der Waals surface area contributed by atoms with Gasteiger partial charge in [0.05, 0.1) is 5.69 Å². The molecule has 100 valence electrons. The lowest BCUT2D eigenvalue weighted by atomic mass is 9.84. The molecule has 0 amide bonds. The molecule has 2 aliphatic rings. The van der Waals surface area contributed by atoms with Crippen molar-refractivity contribution in [3.63, 3.8) is 0 Å². The van der Waals surface area contributed by atoms with Crippen molar-refractivity contribution in [1.82, 2.24) is 19.9 Å². The number of aromatic nitrogens is 3. The Balaban J connectivity index is 1.62. The van der Waals surface area contributed by atoms with Gasteiger partial charge in [-0.3, -0.25) is 4.68 Å². The minimum Gasteiger partial charge on any atom is -0.327 e. The van der Waals surface area contributed by atoms with E-state index in [4.69, 9.17) is 5.73 Å². The summed E-state index contributed by atoms with van der Waals surface area (Å²) in [7, 11) is 4.17. The Hall–Kier alpha value is -0.940. The molecule has 1 aromatic rings. The van der Waals surface area contributed by atoms with Crippen LogP contribution in [-0.2, 0) is 13.5 Å². The van der Waals surface area contributed by atoms with E-state index in [-0.39, 0.29) is 6.04 Å².